The second-order valence-electron chi connectivity index (χ2n) is 3.52. The van der Waals surface area contributed by atoms with Gasteiger partial charge in [-0.1, -0.05) is 19.9 Å². The molecule has 13 heavy (non-hydrogen) atoms. The van der Waals surface area contributed by atoms with E-state index in [1.165, 1.54) is 12.1 Å². The standard InChI is InChI=1S/C11H15FO/c1-8(2)9(3)13-11-6-4-5-10(12)7-11/h4-9H,1-3H3. The highest BCUT2D eigenvalue weighted by Gasteiger charge is 2.08. The van der Waals surface area contributed by atoms with E-state index in [2.05, 4.69) is 13.8 Å². The van der Waals surface area contributed by atoms with E-state index in [0.29, 0.717) is 11.7 Å². The molecule has 1 unspecified atom stereocenters. The van der Waals surface area contributed by atoms with E-state index in [1.807, 2.05) is 6.92 Å². The molecule has 1 aromatic rings. The molecule has 0 bridgehead atoms. The van der Waals surface area contributed by atoms with Crippen molar-refractivity contribution in [2.24, 2.45) is 5.92 Å². The lowest BCUT2D eigenvalue weighted by Crippen LogP contribution is -2.18. The number of rotatable bonds is 3. The van der Waals surface area contributed by atoms with Crippen molar-refractivity contribution in [3.05, 3.63) is 30.1 Å². The summed E-state index contributed by atoms with van der Waals surface area (Å²) in [6, 6.07) is 6.23. The predicted molar refractivity (Wildman–Crippen MR) is 51.3 cm³/mol. The zero-order chi connectivity index (χ0) is 9.84. The van der Waals surface area contributed by atoms with Gasteiger partial charge in [0.05, 0.1) is 6.10 Å². The predicted octanol–water partition coefficient (Wildman–Crippen LogP) is 3.25. The molecular weight excluding hydrogens is 167 g/mol. The quantitative estimate of drug-likeness (QED) is 0.697. The van der Waals surface area contributed by atoms with E-state index in [9.17, 15) is 4.39 Å². The van der Waals surface area contributed by atoms with Crippen LogP contribution in [-0.4, -0.2) is 6.10 Å². The summed E-state index contributed by atoms with van der Waals surface area (Å²) in [5.74, 6) is 0.776. The number of hydrogen-bond acceptors (Lipinski definition) is 1. The number of halogens is 1. The highest BCUT2D eigenvalue weighted by atomic mass is 19.1. The second-order valence-corrected chi connectivity index (χ2v) is 3.52. The van der Waals surface area contributed by atoms with Crippen LogP contribution in [0.1, 0.15) is 20.8 Å². The third-order valence-corrected chi connectivity index (χ3v) is 2.06. The molecule has 0 spiro atoms. The molecule has 1 atom stereocenters. The van der Waals surface area contributed by atoms with Crippen molar-refractivity contribution in [2.75, 3.05) is 0 Å². The lowest BCUT2D eigenvalue weighted by Gasteiger charge is -2.17. The smallest absolute Gasteiger partial charge is 0.126 e. The van der Waals surface area contributed by atoms with Crippen LogP contribution >= 0.6 is 0 Å². The van der Waals surface area contributed by atoms with Gasteiger partial charge in [0.2, 0.25) is 0 Å². The van der Waals surface area contributed by atoms with Crippen LogP contribution in [0, 0.1) is 11.7 Å². The maximum Gasteiger partial charge on any atom is 0.126 e. The van der Waals surface area contributed by atoms with E-state index in [1.54, 1.807) is 12.1 Å². The molecule has 72 valence electrons. The third kappa shape index (κ3) is 3.05. The van der Waals surface area contributed by atoms with Gasteiger partial charge < -0.3 is 4.74 Å². The summed E-state index contributed by atoms with van der Waals surface area (Å²) in [4.78, 5) is 0. The average molecular weight is 182 g/mol. The molecule has 0 N–H and O–H groups in total. The fraction of sp³-hybridized carbons (Fsp3) is 0.455. The summed E-state index contributed by atoms with van der Waals surface area (Å²) in [5, 5.41) is 0. The maximum atomic E-state index is 12.7. The molecule has 1 rings (SSSR count). The Balaban J connectivity index is 2.64. The Labute approximate surface area is 78.5 Å². The van der Waals surface area contributed by atoms with Crippen LogP contribution in [0.5, 0.6) is 5.75 Å². The summed E-state index contributed by atoms with van der Waals surface area (Å²) < 4.78 is 18.3. The van der Waals surface area contributed by atoms with Crippen LogP contribution in [0.3, 0.4) is 0 Å². The zero-order valence-corrected chi connectivity index (χ0v) is 8.25. The molecule has 0 fully saturated rings. The first-order valence-corrected chi connectivity index (χ1v) is 4.52. The normalized spacial score (nSPS) is 13.0. The monoisotopic (exact) mass is 182 g/mol. The van der Waals surface area contributed by atoms with Gasteiger partial charge in [0.15, 0.2) is 0 Å². The van der Waals surface area contributed by atoms with Crippen LogP contribution in [0.15, 0.2) is 24.3 Å². The van der Waals surface area contributed by atoms with Crippen LogP contribution in [-0.2, 0) is 0 Å². The highest BCUT2D eigenvalue weighted by molar-refractivity contribution is 5.22. The Morgan fingerprint density at radius 2 is 1.92 bits per heavy atom. The van der Waals surface area contributed by atoms with Gasteiger partial charge in [0, 0.05) is 6.07 Å². The first-order chi connectivity index (χ1) is 6.09. The zero-order valence-electron chi connectivity index (χ0n) is 8.25. The Bertz CT molecular complexity index is 271. The van der Waals surface area contributed by atoms with Gasteiger partial charge in [-0.3, -0.25) is 0 Å². The van der Waals surface area contributed by atoms with Crippen molar-refractivity contribution in [3.8, 4) is 5.75 Å². The van der Waals surface area contributed by atoms with Crippen LogP contribution in [0.4, 0.5) is 4.39 Å². The fourth-order valence-electron chi connectivity index (χ4n) is 0.891. The van der Waals surface area contributed by atoms with Gasteiger partial charge in [-0.2, -0.15) is 0 Å². The Morgan fingerprint density at radius 3 is 2.46 bits per heavy atom. The third-order valence-electron chi connectivity index (χ3n) is 2.06. The maximum absolute atomic E-state index is 12.7. The summed E-state index contributed by atoms with van der Waals surface area (Å²) >= 11 is 0. The molecular formula is C11H15FO. The molecule has 2 heteroatoms. The second kappa shape index (κ2) is 4.26. The fourth-order valence-corrected chi connectivity index (χ4v) is 0.891. The van der Waals surface area contributed by atoms with Crippen molar-refractivity contribution in [3.63, 3.8) is 0 Å². The summed E-state index contributed by atoms with van der Waals surface area (Å²) in [5.41, 5.74) is 0. The highest BCUT2D eigenvalue weighted by Crippen LogP contribution is 2.16. The van der Waals surface area contributed by atoms with Crippen molar-refractivity contribution in [1.29, 1.82) is 0 Å². The summed E-state index contributed by atoms with van der Waals surface area (Å²) in [7, 11) is 0. The number of benzene rings is 1. The van der Waals surface area contributed by atoms with Gasteiger partial charge in [0.1, 0.15) is 11.6 Å². The Hall–Kier alpha value is -1.05. The molecule has 1 nitrogen and oxygen atoms in total. The average Bonchev–Trinajstić information content (AvgIpc) is 2.04. The van der Waals surface area contributed by atoms with Crippen molar-refractivity contribution in [2.45, 2.75) is 26.9 Å². The van der Waals surface area contributed by atoms with Crippen molar-refractivity contribution in [1.82, 2.24) is 0 Å². The van der Waals surface area contributed by atoms with E-state index >= 15 is 0 Å². The molecule has 0 heterocycles. The molecule has 0 saturated heterocycles. The topological polar surface area (TPSA) is 9.23 Å². The lowest BCUT2D eigenvalue weighted by atomic mass is 10.1. The van der Waals surface area contributed by atoms with Gasteiger partial charge in [-0.25, -0.2) is 4.39 Å². The first-order valence-electron chi connectivity index (χ1n) is 4.52. The van der Waals surface area contributed by atoms with Crippen LogP contribution < -0.4 is 4.74 Å². The molecule has 0 amide bonds. The summed E-state index contributed by atoms with van der Waals surface area (Å²) in [6.45, 7) is 6.13. The minimum Gasteiger partial charge on any atom is -0.490 e. The minimum absolute atomic E-state index is 0.113. The van der Waals surface area contributed by atoms with E-state index in [4.69, 9.17) is 4.74 Å². The molecule has 0 aliphatic rings. The van der Waals surface area contributed by atoms with Crippen LogP contribution in [0.25, 0.3) is 0 Å². The lowest BCUT2D eigenvalue weighted by molar-refractivity contribution is 0.170. The largest absolute Gasteiger partial charge is 0.490 e. The molecule has 1 aromatic carbocycles. The van der Waals surface area contributed by atoms with Gasteiger partial charge in [-0.05, 0) is 25.0 Å². The molecule has 0 saturated carbocycles. The van der Waals surface area contributed by atoms with Crippen molar-refractivity contribution >= 4 is 0 Å². The SMILES string of the molecule is CC(C)C(C)Oc1cccc(F)c1. The van der Waals surface area contributed by atoms with E-state index in [0.717, 1.165) is 0 Å². The van der Waals surface area contributed by atoms with Gasteiger partial charge in [-0.15, -0.1) is 0 Å². The first kappa shape index (κ1) is 10.0. The van der Waals surface area contributed by atoms with Gasteiger partial charge in [0.25, 0.3) is 0 Å². The summed E-state index contributed by atoms with van der Waals surface area (Å²) in [6.07, 6.45) is 0.113. The number of hydrogen-bond donors (Lipinski definition) is 0. The minimum atomic E-state index is -0.256. The van der Waals surface area contributed by atoms with E-state index < -0.39 is 0 Å². The molecule has 0 aliphatic heterocycles. The number of ether oxygens (including phenoxy) is 1. The molecule has 0 aromatic heterocycles. The van der Waals surface area contributed by atoms with Gasteiger partial charge >= 0.3 is 0 Å². The van der Waals surface area contributed by atoms with Crippen molar-refractivity contribution < 1.29 is 9.13 Å². The Morgan fingerprint density at radius 1 is 1.23 bits per heavy atom. The Kier molecular flexibility index (Phi) is 3.29. The molecule has 0 radical (unpaired) electrons. The van der Waals surface area contributed by atoms with E-state index in [-0.39, 0.29) is 11.9 Å². The van der Waals surface area contributed by atoms with Crippen LogP contribution in [0.2, 0.25) is 0 Å². The molecule has 0 aliphatic carbocycles.